The van der Waals surface area contributed by atoms with Crippen LogP contribution in [0.2, 0.25) is 0 Å². The fourth-order valence-corrected chi connectivity index (χ4v) is 4.07. The number of nitro benzene ring substituents is 1. The second-order valence-electron chi connectivity index (χ2n) is 4.45. The highest BCUT2D eigenvalue weighted by Crippen LogP contribution is 2.29. The molecule has 1 aromatic heterocycles. The van der Waals surface area contributed by atoms with Gasteiger partial charge in [-0.25, -0.2) is 13.1 Å². The predicted molar refractivity (Wildman–Crippen MR) is 82.7 cm³/mol. The van der Waals surface area contributed by atoms with Crippen molar-refractivity contribution in [1.82, 2.24) is 4.72 Å². The number of methoxy groups -OCH3 is 1. The van der Waals surface area contributed by atoms with E-state index in [0.717, 1.165) is 17.0 Å². The van der Waals surface area contributed by atoms with Gasteiger partial charge >= 0.3 is 0 Å². The number of benzene rings is 1. The summed E-state index contributed by atoms with van der Waals surface area (Å²) in [7, 11) is -2.60. The maximum absolute atomic E-state index is 12.4. The number of thiophene rings is 1. The number of hydrogen-bond acceptors (Lipinski definition) is 6. The molecule has 0 radical (unpaired) electrons. The lowest BCUT2D eigenvalue weighted by Crippen LogP contribution is -2.26. The third kappa shape index (κ3) is 3.43. The van der Waals surface area contributed by atoms with Crippen molar-refractivity contribution in [2.45, 2.75) is 17.9 Å². The molecule has 1 aromatic carbocycles. The maximum atomic E-state index is 12.4. The number of sulfonamides is 1. The van der Waals surface area contributed by atoms with Crippen LogP contribution in [0.4, 0.5) is 5.69 Å². The van der Waals surface area contributed by atoms with Crippen molar-refractivity contribution in [3.05, 3.63) is 50.7 Å². The van der Waals surface area contributed by atoms with Crippen molar-refractivity contribution < 1.29 is 18.1 Å². The van der Waals surface area contributed by atoms with Gasteiger partial charge in [0.1, 0.15) is 10.6 Å². The largest absolute Gasteiger partial charge is 0.495 e. The highest BCUT2D eigenvalue weighted by molar-refractivity contribution is 7.89. The van der Waals surface area contributed by atoms with Crippen LogP contribution in [0.15, 0.2) is 40.6 Å². The first-order valence-electron chi connectivity index (χ1n) is 6.23. The second kappa shape index (κ2) is 6.42. The highest BCUT2D eigenvalue weighted by atomic mass is 32.2. The van der Waals surface area contributed by atoms with E-state index >= 15 is 0 Å². The van der Waals surface area contributed by atoms with Crippen LogP contribution in [0.1, 0.15) is 17.8 Å². The average molecular weight is 342 g/mol. The molecule has 9 heteroatoms. The molecule has 1 N–H and O–H groups in total. The molecule has 2 aromatic rings. The Morgan fingerprint density at radius 3 is 2.64 bits per heavy atom. The molecule has 1 atom stereocenters. The van der Waals surface area contributed by atoms with Gasteiger partial charge in [-0.3, -0.25) is 10.1 Å². The number of non-ortho nitro benzene ring substituents is 1. The lowest BCUT2D eigenvalue weighted by Gasteiger charge is -2.14. The fraction of sp³-hybridized carbons (Fsp3) is 0.231. The molecule has 0 saturated carbocycles. The SMILES string of the molecule is COc1cc([N+](=O)[O-])ccc1S(=O)(=O)N[C@H](C)c1cccs1. The van der Waals surface area contributed by atoms with Crippen molar-refractivity contribution in [2.24, 2.45) is 0 Å². The molecule has 118 valence electrons. The molecule has 0 aliphatic carbocycles. The summed E-state index contributed by atoms with van der Waals surface area (Å²) >= 11 is 1.44. The fourth-order valence-electron chi connectivity index (χ4n) is 1.88. The molecule has 0 bridgehead atoms. The summed E-state index contributed by atoms with van der Waals surface area (Å²) < 4.78 is 32.4. The third-order valence-electron chi connectivity index (χ3n) is 2.95. The van der Waals surface area contributed by atoms with Crippen molar-refractivity contribution in [2.75, 3.05) is 7.11 Å². The zero-order chi connectivity index (χ0) is 16.3. The van der Waals surface area contributed by atoms with Gasteiger partial charge in [0.25, 0.3) is 5.69 Å². The number of rotatable bonds is 6. The molecule has 7 nitrogen and oxygen atoms in total. The van der Waals surface area contributed by atoms with Crippen molar-refractivity contribution in [3.63, 3.8) is 0 Å². The van der Waals surface area contributed by atoms with Gasteiger partial charge in [-0.2, -0.15) is 0 Å². The molecule has 0 spiro atoms. The number of nitrogens with zero attached hydrogens (tertiary/aromatic N) is 1. The van der Waals surface area contributed by atoms with Crippen LogP contribution in [0.5, 0.6) is 5.75 Å². The van der Waals surface area contributed by atoms with Crippen LogP contribution in [-0.4, -0.2) is 20.5 Å². The minimum absolute atomic E-state index is 0.0694. The third-order valence-corrected chi connectivity index (χ3v) is 5.58. The smallest absolute Gasteiger partial charge is 0.273 e. The summed E-state index contributed by atoms with van der Waals surface area (Å²) in [6, 6.07) is 6.63. The molecule has 0 unspecified atom stereocenters. The molecule has 0 aliphatic rings. The van der Waals surface area contributed by atoms with Crippen LogP contribution in [0.25, 0.3) is 0 Å². The summed E-state index contributed by atoms with van der Waals surface area (Å²) in [5.74, 6) is -0.0694. The molecular weight excluding hydrogens is 328 g/mol. The first-order chi connectivity index (χ1) is 10.3. The molecule has 0 amide bonds. The topological polar surface area (TPSA) is 98.5 Å². The summed E-state index contributed by atoms with van der Waals surface area (Å²) in [6.07, 6.45) is 0. The normalized spacial score (nSPS) is 12.8. The molecular formula is C13H14N2O5S2. The number of nitrogens with one attached hydrogen (secondary N) is 1. The van der Waals surface area contributed by atoms with Gasteiger partial charge < -0.3 is 4.74 Å². The molecule has 0 fully saturated rings. The first-order valence-corrected chi connectivity index (χ1v) is 8.59. The summed E-state index contributed by atoms with van der Waals surface area (Å²) in [5, 5.41) is 12.6. The van der Waals surface area contributed by atoms with Crippen LogP contribution in [-0.2, 0) is 10.0 Å². The van der Waals surface area contributed by atoms with Gasteiger partial charge in [0.05, 0.1) is 24.1 Å². The van der Waals surface area contributed by atoms with Crippen molar-refractivity contribution in [1.29, 1.82) is 0 Å². The Hall–Kier alpha value is -1.97. The van der Waals surface area contributed by atoms with E-state index in [2.05, 4.69) is 4.72 Å². The summed E-state index contributed by atoms with van der Waals surface area (Å²) in [6.45, 7) is 1.72. The zero-order valence-corrected chi connectivity index (χ0v) is 13.5. The lowest BCUT2D eigenvalue weighted by atomic mass is 10.3. The molecule has 22 heavy (non-hydrogen) atoms. The van der Waals surface area contributed by atoms with E-state index in [9.17, 15) is 18.5 Å². The minimum atomic E-state index is -3.86. The summed E-state index contributed by atoms with van der Waals surface area (Å²) in [4.78, 5) is 10.9. The Balaban J connectivity index is 2.35. The maximum Gasteiger partial charge on any atom is 0.273 e. The van der Waals surface area contributed by atoms with Crippen LogP contribution < -0.4 is 9.46 Å². The Labute approximate surface area is 131 Å². The standard InChI is InChI=1S/C13H14N2O5S2/c1-9(12-4-3-7-21-12)14-22(18,19)13-6-5-10(15(16)17)8-11(13)20-2/h3-9,14H,1-2H3/t9-/m1/s1. The van der Waals surface area contributed by atoms with Crippen LogP contribution in [0, 0.1) is 10.1 Å². The number of hydrogen-bond donors (Lipinski definition) is 1. The number of nitro groups is 1. The Morgan fingerprint density at radius 1 is 1.36 bits per heavy atom. The Morgan fingerprint density at radius 2 is 2.09 bits per heavy atom. The molecule has 0 aliphatic heterocycles. The molecule has 0 saturated heterocycles. The van der Waals surface area contributed by atoms with E-state index in [1.54, 1.807) is 6.92 Å². The molecule has 2 rings (SSSR count). The van der Waals surface area contributed by atoms with Crippen molar-refractivity contribution >= 4 is 27.0 Å². The minimum Gasteiger partial charge on any atom is -0.495 e. The Bertz CT molecular complexity index is 772. The van der Waals surface area contributed by atoms with Gasteiger partial charge in [0.2, 0.25) is 10.0 Å². The van der Waals surface area contributed by atoms with Crippen LogP contribution >= 0.6 is 11.3 Å². The molecule has 1 heterocycles. The Kier molecular flexibility index (Phi) is 4.79. The second-order valence-corrected chi connectivity index (χ2v) is 7.11. The van der Waals surface area contributed by atoms with Gasteiger partial charge in [0.15, 0.2) is 0 Å². The van der Waals surface area contributed by atoms with E-state index in [4.69, 9.17) is 4.74 Å². The zero-order valence-electron chi connectivity index (χ0n) is 11.8. The quantitative estimate of drug-likeness (QED) is 0.643. The highest BCUT2D eigenvalue weighted by Gasteiger charge is 2.24. The monoisotopic (exact) mass is 342 g/mol. The predicted octanol–water partition coefficient (Wildman–Crippen LogP) is 2.70. The van der Waals surface area contributed by atoms with Gasteiger partial charge in [-0.1, -0.05) is 6.07 Å². The van der Waals surface area contributed by atoms with Gasteiger partial charge in [0, 0.05) is 10.9 Å². The average Bonchev–Trinajstić information content (AvgIpc) is 3.00. The van der Waals surface area contributed by atoms with E-state index in [1.807, 2.05) is 17.5 Å². The van der Waals surface area contributed by atoms with E-state index < -0.39 is 21.0 Å². The van der Waals surface area contributed by atoms with Gasteiger partial charge in [-0.05, 0) is 24.4 Å². The number of ether oxygens (including phenoxy) is 1. The van der Waals surface area contributed by atoms with E-state index in [-0.39, 0.29) is 16.3 Å². The summed E-state index contributed by atoms with van der Waals surface area (Å²) in [5.41, 5.74) is -0.234. The van der Waals surface area contributed by atoms with E-state index in [0.29, 0.717) is 0 Å². The van der Waals surface area contributed by atoms with Gasteiger partial charge in [-0.15, -0.1) is 11.3 Å². The van der Waals surface area contributed by atoms with Crippen LogP contribution in [0.3, 0.4) is 0 Å². The van der Waals surface area contributed by atoms with E-state index in [1.165, 1.54) is 24.5 Å². The first kappa shape index (κ1) is 16.4. The van der Waals surface area contributed by atoms with Crippen molar-refractivity contribution in [3.8, 4) is 5.75 Å². The lowest BCUT2D eigenvalue weighted by molar-refractivity contribution is -0.385.